The zero-order valence-corrected chi connectivity index (χ0v) is 14.9. The molecule has 2 amide bonds. The minimum absolute atomic E-state index is 0.000502. The van der Waals surface area contributed by atoms with Crippen LogP contribution in [0.1, 0.15) is 44.1 Å². The predicted molar refractivity (Wildman–Crippen MR) is 91.9 cm³/mol. The van der Waals surface area contributed by atoms with Crippen LogP contribution in [-0.4, -0.2) is 24.4 Å². The average molecular weight is 389 g/mol. The van der Waals surface area contributed by atoms with Crippen LogP contribution < -0.4 is 10.2 Å². The van der Waals surface area contributed by atoms with E-state index in [1.807, 2.05) is 0 Å². The van der Waals surface area contributed by atoms with Gasteiger partial charge in [0.05, 0.1) is 22.2 Å². The fraction of sp³-hybridized carbons (Fsp3) is 0.556. The molecule has 3 rings (SSSR count). The lowest BCUT2D eigenvalue weighted by molar-refractivity contribution is -0.137. The van der Waals surface area contributed by atoms with E-state index in [1.165, 1.54) is 4.90 Å². The van der Waals surface area contributed by atoms with E-state index >= 15 is 0 Å². The molecule has 0 radical (unpaired) electrons. The smallest absolute Gasteiger partial charge is 0.353 e. The maximum absolute atomic E-state index is 12.9. The number of halogens is 4. The van der Waals surface area contributed by atoms with Crippen molar-refractivity contribution in [3.05, 3.63) is 28.8 Å². The number of amides is 2. The summed E-state index contributed by atoms with van der Waals surface area (Å²) in [5.41, 5.74) is -0.876. The highest BCUT2D eigenvalue weighted by Crippen LogP contribution is 2.37. The van der Waals surface area contributed by atoms with E-state index in [2.05, 4.69) is 5.32 Å². The molecule has 0 spiro atoms. The van der Waals surface area contributed by atoms with E-state index in [-0.39, 0.29) is 35.6 Å². The molecule has 26 heavy (non-hydrogen) atoms. The summed E-state index contributed by atoms with van der Waals surface area (Å²) in [7, 11) is 0. The third kappa shape index (κ3) is 4.14. The van der Waals surface area contributed by atoms with Gasteiger partial charge >= 0.3 is 6.18 Å². The maximum Gasteiger partial charge on any atom is 0.416 e. The Labute approximate surface area is 154 Å². The summed E-state index contributed by atoms with van der Waals surface area (Å²) < 4.78 is 38.8. The number of anilines is 1. The molecule has 0 bridgehead atoms. The minimum Gasteiger partial charge on any atom is -0.353 e. The van der Waals surface area contributed by atoms with Gasteiger partial charge in [-0.15, -0.1) is 0 Å². The Bertz CT molecular complexity index is 702. The molecule has 2 fully saturated rings. The van der Waals surface area contributed by atoms with Gasteiger partial charge in [-0.25, -0.2) is 0 Å². The van der Waals surface area contributed by atoms with Crippen LogP contribution in [-0.2, 0) is 15.8 Å². The van der Waals surface area contributed by atoms with Crippen LogP contribution in [0.15, 0.2) is 18.2 Å². The van der Waals surface area contributed by atoms with Crippen molar-refractivity contribution in [3.8, 4) is 0 Å². The first kappa shape index (κ1) is 19.0. The first-order valence-corrected chi connectivity index (χ1v) is 9.11. The van der Waals surface area contributed by atoms with Crippen molar-refractivity contribution in [2.75, 3.05) is 11.4 Å². The Morgan fingerprint density at radius 3 is 2.54 bits per heavy atom. The molecule has 1 saturated heterocycles. The van der Waals surface area contributed by atoms with Crippen LogP contribution >= 0.6 is 11.6 Å². The van der Waals surface area contributed by atoms with Crippen LogP contribution in [0.2, 0.25) is 5.02 Å². The van der Waals surface area contributed by atoms with E-state index in [4.69, 9.17) is 11.6 Å². The van der Waals surface area contributed by atoms with Crippen LogP contribution in [0.3, 0.4) is 0 Å². The number of carbonyl (C=O) groups excluding carboxylic acids is 2. The van der Waals surface area contributed by atoms with Crippen LogP contribution in [0.25, 0.3) is 0 Å². The minimum atomic E-state index is -4.53. The van der Waals surface area contributed by atoms with Gasteiger partial charge in [0.15, 0.2) is 0 Å². The number of hydrogen-bond acceptors (Lipinski definition) is 2. The Morgan fingerprint density at radius 1 is 1.19 bits per heavy atom. The lowest BCUT2D eigenvalue weighted by Gasteiger charge is -2.24. The maximum atomic E-state index is 12.9. The van der Waals surface area contributed by atoms with E-state index in [9.17, 15) is 22.8 Å². The summed E-state index contributed by atoms with van der Waals surface area (Å²) in [4.78, 5) is 25.9. The molecule has 1 N–H and O–H groups in total. The summed E-state index contributed by atoms with van der Waals surface area (Å²) >= 11 is 6.01. The largest absolute Gasteiger partial charge is 0.416 e. The Kier molecular flexibility index (Phi) is 5.46. The van der Waals surface area contributed by atoms with Crippen molar-refractivity contribution in [2.24, 2.45) is 5.92 Å². The number of nitrogens with zero attached hydrogens (tertiary/aromatic N) is 1. The van der Waals surface area contributed by atoms with E-state index in [0.29, 0.717) is 0 Å². The molecule has 4 nitrogen and oxygen atoms in total. The van der Waals surface area contributed by atoms with E-state index in [1.54, 1.807) is 0 Å². The molecule has 8 heteroatoms. The Hall–Kier alpha value is -1.76. The van der Waals surface area contributed by atoms with Crippen LogP contribution in [0.4, 0.5) is 18.9 Å². The number of benzene rings is 1. The summed E-state index contributed by atoms with van der Waals surface area (Å²) in [6, 6.07) is 2.99. The Balaban J connectivity index is 1.72. The normalized spacial score (nSPS) is 21.9. The second-order valence-electron chi connectivity index (χ2n) is 6.91. The van der Waals surface area contributed by atoms with Crippen molar-refractivity contribution < 1.29 is 22.8 Å². The van der Waals surface area contributed by atoms with Gasteiger partial charge < -0.3 is 10.2 Å². The van der Waals surface area contributed by atoms with E-state index in [0.717, 1.165) is 50.3 Å². The van der Waals surface area contributed by atoms with Crippen LogP contribution in [0.5, 0.6) is 0 Å². The first-order chi connectivity index (χ1) is 12.3. The second-order valence-corrected chi connectivity index (χ2v) is 7.32. The molecule has 1 aliphatic heterocycles. The van der Waals surface area contributed by atoms with Gasteiger partial charge in [0, 0.05) is 19.0 Å². The van der Waals surface area contributed by atoms with Gasteiger partial charge in [-0.05, 0) is 31.0 Å². The summed E-state index contributed by atoms with van der Waals surface area (Å²) in [6.07, 6.45) is 0.604. The van der Waals surface area contributed by atoms with Gasteiger partial charge in [0.25, 0.3) is 0 Å². The van der Waals surface area contributed by atoms with Crippen LogP contribution in [0, 0.1) is 5.92 Å². The SMILES string of the molecule is O=C(NC1CCCCC1)C1CC(=O)N(c2cc(C(F)(F)F)ccc2Cl)C1. The lowest BCUT2D eigenvalue weighted by Crippen LogP contribution is -2.40. The van der Waals surface area contributed by atoms with Crippen molar-refractivity contribution in [3.63, 3.8) is 0 Å². The third-order valence-corrected chi connectivity index (χ3v) is 5.33. The molecule has 142 valence electrons. The first-order valence-electron chi connectivity index (χ1n) is 8.73. The molecule has 2 aliphatic rings. The summed E-state index contributed by atoms with van der Waals surface area (Å²) in [6.45, 7) is 0.0401. The number of alkyl halides is 3. The molecule has 1 atom stereocenters. The molecule has 1 heterocycles. The Morgan fingerprint density at radius 2 is 1.88 bits per heavy atom. The average Bonchev–Trinajstić information content (AvgIpc) is 2.97. The van der Waals surface area contributed by atoms with E-state index < -0.39 is 23.6 Å². The van der Waals surface area contributed by atoms with Gasteiger partial charge in [0.2, 0.25) is 11.8 Å². The molecular formula is C18H20ClF3N2O2. The zero-order valence-electron chi connectivity index (χ0n) is 14.1. The quantitative estimate of drug-likeness (QED) is 0.845. The zero-order chi connectivity index (χ0) is 18.9. The fourth-order valence-electron chi connectivity index (χ4n) is 3.58. The molecular weight excluding hydrogens is 369 g/mol. The number of rotatable bonds is 3. The molecule has 0 aromatic heterocycles. The monoisotopic (exact) mass is 388 g/mol. The van der Waals surface area contributed by atoms with Crippen molar-refractivity contribution in [2.45, 2.75) is 50.7 Å². The molecule has 1 aliphatic carbocycles. The van der Waals surface area contributed by atoms with Gasteiger partial charge in [-0.1, -0.05) is 30.9 Å². The molecule has 1 aromatic rings. The highest BCUT2D eigenvalue weighted by atomic mass is 35.5. The third-order valence-electron chi connectivity index (χ3n) is 5.01. The molecule has 1 saturated carbocycles. The molecule has 1 unspecified atom stereocenters. The topological polar surface area (TPSA) is 49.4 Å². The van der Waals surface area contributed by atoms with Crippen molar-refractivity contribution in [1.29, 1.82) is 0 Å². The number of carbonyl (C=O) groups is 2. The standard InChI is InChI=1S/C18H20ClF3N2O2/c19-14-7-6-12(18(20,21)22)9-15(14)24-10-11(8-16(24)25)17(26)23-13-4-2-1-3-5-13/h6-7,9,11,13H,1-5,8,10H2,(H,23,26). The highest BCUT2D eigenvalue weighted by molar-refractivity contribution is 6.34. The summed E-state index contributed by atoms with van der Waals surface area (Å²) in [5.74, 6) is -1.18. The lowest BCUT2D eigenvalue weighted by atomic mass is 9.95. The fourth-order valence-corrected chi connectivity index (χ4v) is 3.80. The predicted octanol–water partition coefficient (Wildman–Crippen LogP) is 4.16. The highest BCUT2D eigenvalue weighted by Gasteiger charge is 2.38. The number of hydrogen-bond donors (Lipinski definition) is 1. The molecule has 1 aromatic carbocycles. The van der Waals surface area contributed by atoms with Gasteiger partial charge in [0.1, 0.15) is 0 Å². The second kappa shape index (κ2) is 7.47. The van der Waals surface area contributed by atoms with Crippen molar-refractivity contribution >= 4 is 29.1 Å². The van der Waals surface area contributed by atoms with Gasteiger partial charge in [-0.2, -0.15) is 13.2 Å². The van der Waals surface area contributed by atoms with Gasteiger partial charge in [-0.3, -0.25) is 9.59 Å². The number of nitrogens with one attached hydrogen (secondary N) is 1. The van der Waals surface area contributed by atoms with Crippen molar-refractivity contribution in [1.82, 2.24) is 5.32 Å². The summed E-state index contributed by atoms with van der Waals surface area (Å²) in [5, 5.41) is 3.03.